The summed E-state index contributed by atoms with van der Waals surface area (Å²) in [6.07, 6.45) is 8.77. The van der Waals surface area contributed by atoms with Crippen LogP contribution in [0.15, 0.2) is 47.5 Å². The van der Waals surface area contributed by atoms with E-state index in [1.54, 1.807) is 18.8 Å². The summed E-state index contributed by atoms with van der Waals surface area (Å²) in [5.74, 6) is 0.113. The molecule has 2 N–H and O–H groups in total. The molecular formula is C28H40N4O3S. The molecule has 1 saturated heterocycles. The summed E-state index contributed by atoms with van der Waals surface area (Å²) in [5, 5.41) is 12.4. The quantitative estimate of drug-likeness (QED) is 0.377. The van der Waals surface area contributed by atoms with Gasteiger partial charge in [-0.25, -0.2) is 4.52 Å². The number of carbonyl (C=O) groups is 2. The lowest BCUT2D eigenvalue weighted by atomic mass is 9.84. The molecule has 0 saturated carbocycles. The standard InChI is InChI=1S/C28H40N4O3S/c1-5-6-9-23(16-26(33)28(31-27(34)18-29-4)22-11-14-35-15-12-22)21(3)36-19-20(2)24-17-30-32-13-8-7-10-25(24)32/h7-8,10,13,17,19,22-23,28-29H,3,5-6,9,11-12,14-16,18H2,1-2,4H3,(H,31,34)/b20-19+/t23-,28+/m1/s1. The number of rotatable bonds is 14. The molecule has 0 aromatic carbocycles. The summed E-state index contributed by atoms with van der Waals surface area (Å²) in [5.41, 5.74) is 3.26. The average molecular weight is 513 g/mol. The molecule has 0 aliphatic carbocycles. The number of aromatic nitrogens is 2. The lowest BCUT2D eigenvalue weighted by molar-refractivity contribution is -0.130. The number of nitrogens with zero attached hydrogens (tertiary/aromatic N) is 2. The van der Waals surface area contributed by atoms with Gasteiger partial charge in [-0.1, -0.05) is 32.4 Å². The van der Waals surface area contributed by atoms with Crippen molar-refractivity contribution in [2.45, 2.75) is 58.4 Å². The van der Waals surface area contributed by atoms with E-state index in [1.807, 2.05) is 29.0 Å². The number of Topliss-reactive ketones (excluding diaryl/α,β-unsaturated/α-hetero) is 1. The number of hydrogen-bond acceptors (Lipinski definition) is 6. The smallest absolute Gasteiger partial charge is 0.234 e. The highest BCUT2D eigenvalue weighted by molar-refractivity contribution is 8.06. The maximum absolute atomic E-state index is 13.6. The minimum absolute atomic E-state index is 0.0546. The Kier molecular flexibility index (Phi) is 11.2. The lowest BCUT2D eigenvalue weighted by Gasteiger charge is -2.31. The Hall–Kier alpha value is -2.42. The second kappa shape index (κ2) is 14.4. The number of carbonyl (C=O) groups excluding carboxylic acids is 2. The third kappa shape index (κ3) is 7.79. The van der Waals surface area contributed by atoms with E-state index >= 15 is 0 Å². The Morgan fingerprint density at radius 3 is 2.83 bits per heavy atom. The first-order valence-corrected chi connectivity index (χ1v) is 13.8. The number of likely N-dealkylation sites (N-methyl/N-ethyl adjacent to an activating group) is 1. The van der Waals surface area contributed by atoms with Gasteiger partial charge in [0, 0.05) is 31.4 Å². The normalized spacial score (nSPS) is 16.6. The predicted molar refractivity (Wildman–Crippen MR) is 148 cm³/mol. The summed E-state index contributed by atoms with van der Waals surface area (Å²) >= 11 is 1.60. The molecule has 0 spiro atoms. The second-order valence-corrected chi connectivity index (χ2v) is 10.5. The fourth-order valence-corrected chi connectivity index (χ4v) is 5.50. The lowest BCUT2D eigenvalue weighted by Crippen LogP contribution is -2.50. The molecule has 0 radical (unpaired) electrons. The van der Waals surface area contributed by atoms with Crippen LogP contribution in [0.4, 0.5) is 0 Å². The van der Waals surface area contributed by atoms with Crippen LogP contribution in [0.25, 0.3) is 11.1 Å². The first-order valence-electron chi connectivity index (χ1n) is 12.9. The molecule has 2 aromatic heterocycles. The number of ether oxygens (including phenoxy) is 1. The largest absolute Gasteiger partial charge is 0.381 e. The van der Waals surface area contributed by atoms with Crippen molar-refractivity contribution in [3.63, 3.8) is 0 Å². The number of pyridine rings is 1. The summed E-state index contributed by atoms with van der Waals surface area (Å²) in [4.78, 5) is 26.9. The van der Waals surface area contributed by atoms with Crippen molar-refractivity contribution in [3.05, 3.63) is 53.0 Å². The molecule has 1 fully saturated rings. The van der Waals surface area contributed by atoms with Crippen LogP contribution in [0, 0.1) is 11.8 Å². The molecule has 3 rings (SSSR count). The van der Waals surface area contributed by atoms with E-state index in [0.717, 1.165) is 53.7 Å². The maximum Gasteiger partial charge on any atom is 0.234 e. The van der Waals surface area contributed by atoms with Crippen LogP contribution in [0.2, 0.25) is 0 Å². The molecule has 1 aliphatic rings. The van der Waals surface area contributed by atoms with E-state index in [-0.39, 0.29) is 30.1 Å². The number of allylic oxidation sites excluding steroid dienone is 2. The van der Waals surface area contributed by atoms with Crippen LogP contribution >= 0.6 is 11.8 Å². The molecule has 2 atom stereocenters. The Morgan fingerprint density at radius 2 is 2.11 bits per heavy atom. The van der Waals surface area contributed by atoms with Gasteiger partial charge in [0.15, 0.2) is 5.78 Å². The predicted octanol–water partition coefficient (Wildman–Crippen LogP) is 4.84. The number of amides is 1. The number of thioether (sulfide) groups is 1. The molecule has 196 valence electrons. The second-order valence-electron chi connectivity index (χ2n) is 9.51. The molecule has 1 aliphatic heterocycles. The van der Waals surface area contributed by atoms with Gasteiger partial charge >= 0.3 is 0 Å². The van der Waals surface area contributed by atoms with Gasteiger partial charge in [0.2, 0.25) is 5.91 Å². The molecule has 1 amide bonds. The van der Waals surface area contributed by atoms with Gasteiger partial charge in [0.05, 0.1) is 24.3 Å². The molecule has 0 unspecified atom stereocenters. The Bertz CT molecular complexity index is 1060. The number of unbranched alkanes of at least 4 members (excludes halogenated alkanes) is 1. The maximum atomic E-state index is 13.6. The van der Waals surface area contributed by atoms with E-state index in [0.29, 0.717) is 19.6 Å². The molecule has 8 heteroatoms. The van der Waals surface area contributed by atoms with E-state index in [9.17, 15) is 9.59 Å². The highest BCUT2D eigenvalue weighted by Crippen LogP contribution is 2.34. The van der Waals surface area contributed by atoms with Crippen molar-refractivity contribution in [1.29, 1.82) is 0 Å². The molecule has 0 bridgehead atoms. The summed E-state index contributed by atoms with van der Waals surface area (Å²) in [6, 6.07) is 5.55. The SMILES string of the molecule is C=C(S/C=C(\C)c1cnn2ccccc12)[C@H](CCCC)CC(=O)[C@@H](NC(=O)CNC)C1CCOCC1. The highest BCUT2D eigenvalue weighted by atomic mass is 32.2. The van der Waals surface area contributed by atoms with Crippen LogP contribution < -0.4 is 10.6 Å². The molecule has 7 nitrogen and oxygen atoms in total. The third-order valence-electron chi connectivity index (χ3n) is 6.79. The minimum Gasteiger partial charge on any atom is -0.381 e. The van der Waals surface area contributed by atoms with Crippen molar-refractivity contribution in [2.24, 2.45) is 11.8 Å². The van der Waals surface area contributed by atoms with Crippen molar-refractivity contribution < 1.29 is 14.3 Å². The van der Waals surface area contributed by atoms with Gasteiger partial charge in [-0.2, -0.15) is 5.10 Å². The van der Waals surface area contributed by atoms with Crippen LogP contribution in [0.5, 0.6) is 0 Å². The topological polar surface area (TPSA) is 84.7 Å². The molecule has 2 aromatic rings. The third-order valence-corrected chi connectivity index (χ3v) is 7.89. The van der Waals surface area contributed by atoms with Crippen LogP contribution in [0.1, 0.15) is 57.9 Å². The van der Waals surface area contributed by atoms with Crippen LogP contribution in [0.3, 0.4) is 0 Å². The number of nitrogens with one attached hydrogen (secondary N) is 2. The first-order chi connectivity index (χ1) is 17.4. The Morgan fingerprint density at radius 1 is 1.33 bits per heavy atom. The van der Waals surface area contributed by atoms with Crippen molar-refractivity contribution in [2.75, 3.05) is 26.8 Å². The summed E-state index contributed by atoms with van der Waals surface area (Å²) in [6.45, 7) is 10.1. The van der Waals surface area contributed by atoms with Crippen LogP contribution in [-0.4, -0.2) is 54.2 Å². The van der Waals surface area contributed by atoms with Crippen molar-refractivity contribution >= 4 is 34.5 Å². The van der Waals surface area contributed by atoms with E-state index in [2.05, 4.69) is 47.6 Å². The average Bonchev–Trinajstić information content (AvgIpc) is 3.33. The van der Waals surface area contributed by atoms with Gasteiger partial charge in [-0.15, -0.1) is 11.8 Å². The molecule has 3 heterocycles. The minimum atomic E-state index is -0.479. The first kappa shape index (κ1) is 28.2. The van der Waals surface area contributed by atoms with E-state index in [4.69, 9.17) is 4.74 Å². The van der Waals surface area contributed by atoms with E-state index < -0.39 is 6.04 Å². The fraction of sp³-hybridized carbons (Fsp3) is 0.536. The van der Waals surface area contributed by atoms with Gasteiger partial charge in [-0.3, -0.25) is 9.59 Å². The van der Waals surface area contributed by atoms with Crippen molar-refractivity contribution in [3.8, 4) is 0 Å². The van der Waals surface area contributed by atoms with Gasteiger partial charge < -0.3 is 15.4 Å². The molecular weight excluding hydrogens is 472 g/mol. The monoisotopic (exact) mass is 512 g/mol. The fourth-order valence-electron chi connectivity index (χ4n) is 4.65. The summed E-state index contributed by atoms with van der Waals surface area (Å²) in [7, 11) is 1.73. The van der Waals surface area contributed by atoms with Gasteiger partial charge in [0.25, 0.3) is 0 Å². The molecule has 36 heavy (non-hydrogen) atoms. The van der Waals surface area contributed by atoms with Gasteiger partial charge in [0.1, 0.15) is 0 Å². The Balaban J connectivity index is 1.71. The van der Waals surface area contributed by atoms with Gasteiger partial charge in [-0.05, 0) is 73.1 Å². The van der Waals surface area contributed by atoms with Crippen LogP contribution in [-0.2, 0) is 14.3 Å². The summed E-state index contributed by atoms with van der Waals surface area (Å²) < 4.78 is 7.37. The van der Waals surface area contributed by atoms with Crippen molar-refractivity contribution in [1.82, 2.24) is 20.2 Å². The number of ketones is 1. The zero-order valence-corrected chi connectivity index (χ0v) is 22.6. The highest BCUT2D eigenvalue weighted by Gasteiger charge is 2.32. The zero-order valence-electron chi connectivity index (χ0n) is 21.8. The van der Waals surface area contributed by atoms with E-state index in [1.165, 1.54) is 0 Å². The zero-order chi connectivity index (χ0) is 25.9. The number of hydrogen-bond donors (Lipinski definition) is 2. The Labute approximate surface area is 219 Å². The number of fused-ring (bicyclic) bond motifs is 1.